The molecule has 0 fully saturated rings. The van der Waals surface area contributed by atoms with Gasteiger partial charge in [-0.25, -0.2) is 4.99 Å². The first kappa shape index (κ1) is 19.3. The van der Waals surface area contributed by atoms with Gasteiger partial charge in [-0.3, -0.25) is 0 Å². The van der Waals surface area contributed by atoms with Crippen LogP contribution >= 0.6 is 0 Å². The minimum atomic E-state index is -4.54. The molecule has 0 saturated carbocycles. The second-order valence-corrected chi connectivity index (χ2v) is 4.70. The van der Waals surface area contributed by atoms with Gasteiger partial charge in [-0.05, 0) is 18.4 Å². The van der Waals surface area contributed by atoms with E-state index in [0.29, 0.717) is 5.92 Å². The summed E-state index contributed by atoms with van der Waals surface area (Å²) in [5, 5.41) is 0. The number of nitrogens with two attached hydrogens (primary N) is 1. The first-order valence-corrected chi connectivity index (χ1v) is 6.85. The third kappa shape index (κ3) is 6.06. The Kier molecular flexibility index (Phi) is 7.84. The lowest BCUT2D eigenvalue weighted by Gasteiger charge is -2.25. The lowest BCUT2D eigenvalue weighted by molar-refractivity contribution is -0.105. The Balaban J connectivity index is 5.50. The van der Waals surface area contributed by atoms with Crippen LogP contribution in [-0.2, 0) is 0 Å². The first-order chi connectivity index (χ1) is 9.68. The number of likely N-dealkylation sites (N-methyl/N-ethyl adjacent to an activating group) is 1. The quantitative estimate of drug-likeness (QED) is 0.590. The maximum absolute atomic E-state index is 13.1. The average Bonchev–Trinajstić information content (AvgIpc) is 2.41. The molecule has 6 heteroatoms. The highest BCUT2D eigenvalue weighted by molar-refractivity contribution is 5.94. The molecule has 0 aliphatic heterocycles. The molecule has 1 atom stereocenters. The topological polar surface area (TPSA) is 41.6 Å². The zero-order valence-corrected chi connectivity index (χ0v) is 13.0. The van der Waals surface area contributed by atoms with E-state index in [1.165, 1.54) is 19.3 Å². The van der Waals surface area contributed by atoms with Crippen LogP contribution in [0.4, 0.5) is 13.2 Å². The molecular weight excluding hydrogens is 279 g/mol. The molecule has 3 nitrogen and oxygen atoms in total. The molecule has 0 heterocycles. The highest BCUT2D eigenvalue weighted by Crippen LogP contribution is 2.30. The Morgan fingerprint density at radius 2 is 1.95 bits per heavy atom. The van der Waals surface area contributed by atoms with Gasteiger partial charge in [0.05, 0.1) is 0 Å². The van der Waals surface area contributed by atoms with Gasteiger partial charge in [-0.2, -0.15) is 13.2 Å². The standard InChI is InChI=1S/C15H24F3N3/c1-6-11(4)9-10-20-13(8-3)21(5)14(12(19)7-2)15(16,17)18/h8-11H,3,6-7,19H2,1-2,4-5H3/b10-9-,14-12+,20-13?. The fraction of sp³-hybridized carbons (Fsp3) is 0.533. The molecule has 1 unspecified atom stereocenters. The first-order valence-electron chi connectivity index (χ1n) is 6.85. The van der Waals surface area contributed by atoms with Crippen LogP contribution in [-0.4, -0.2) is 24.0 Å². The van der Waals surface area contributed by atoms with Crippen molar-refractivity contribution in [1.82, 2.24) is 4.90 Å². The number of allylic oxidation sites excluding steroid dienone is 3. The van der Waals surface area contributed by atoms with Crippen LogP contribution in [0.1, 0.15) is 33.6 Å². The zero-order valence-electron chi connectivity index (χ0n) is 13.0. The van der Waals surface area contributed by atoms with Gasteiger partial charge in [0.15, 0.2) is 0 Å². The molecule has 0 amide bonds. The normalized spacial score (nSPS) is 15.9. The molecule has 0 radical (unpaired) electrons. The minimum absolute atomic E-state index is 0.0956. The molecule has 0 aliphatic carbocycles. The van der Waals surface area contributed by atoms with Gasteiger partial charge in [-0.15, -0.1) is 0 Å². The fourth-order valence-corrected chi connectivity index (χ4v) is 1.55. The highest BCUT2D eigenvalue weighted by Gasteiger charge is 2.39. The van der Waals surface area contributed by atoms with Gasteiger partial charge in [0.1, 0.15) is 11.5 Å². The van der Waals surface area contributed by atoms with Gasteiger partial charge in [-0.1, -0.05) is 39.8 Å². The summed E-state index contributed by atoms with van der Waals surface area (Å²) < 4.78 is 39.4. The Morgan fingerprint density at radius 1 is 1.38 bits per heavy atom. The van der Waals surface area contributed by atoms with E-state index < -0.39 is 11.9 Å². The van der Waals surface area contributed by atoms with E-state index in [1.54, 1.807) is 6.92 Å². The van der Waals surface area contributed by atoms with Crippen LogP contribution in [0.2, 0.25) is 0 Å². The second kappa shape index (κ2) is 8.54. The van der Waals surface area contributed by atoms with Crippen molar-refractivity contribution < 1.29 is 13.2 Å². The molecule has 21 heavy (non-hydrogen) atoms. The van der Waals surface area contributed by atoms with Crippen LogP contribution in [0.3, 0.4) is 0 Å². The molecule has 0 aromatic heterocycles. The Hall–Kier alpha value is -1.72. The fourth-order valence-electron chi connectivity index (χ4n) is 1.55. The molecule has 0 saturated heterocycles. The summed E-state index contributed by atoms with van der Waals surface area (Å²) in [5.41, 5.74) is 4.37. The zero-order chi connectivity index (χ0) is 16.6. The van der Waals surface area contributed by atoms with Crippen molar-refractivity contribution in [3.05, 3.63) is 36.3 Å². The average molecular weight is 303 g/mol. The van der Waals surface area contributed by atoms with Crippen molar-refractivity contribution in [3.63, 3.8) is 0 Å². The summed E-state index contributed by atoms with van der Waals surface area (Å²) in [6.07, 6.45) is 1.10. The van der Waals surface area contributed by atoms with Crippen LogP contribution in [0.25, 0.3) is 0 Å². The van der Waals surface area contributed by atoms with Crippen molar-refractivity contribution in [3.8, 4) is 0 Å². The number of aliphatic imine (C=N–C) groups is 1. The van der Waals surface area contributed by atoms with Gasteiger partial charge in [0.2, 0.25) is 0 Å². The number of hydrogen-bond donors (Lipinski definition) is 1. The lowest BCUT2D eigenvalue weighted by atomic mass is 10.1. The third-order valence-electron chi connectivity index (χ3n) is 3.08. The van der Waals surface area contributed by atoms with E-state index in [2.05, 4.69) is 11.6 Å². The van der Waals surface area contributed by atoms with Crippen LogP contribution in [0.5, 0.6) is 0 Å². The summed E-state index contributed by atoms with van der Waals surface area (Å²) in [4.78, 5) is 4.96. The number of alkyl halides is 3. The Labute approximate surface area is 124 Å². The second-order valence-electron chi connectivity index (χ2n) is 4.70. The van der Waals surface area contributed by atoms with E-state index in [4.69, 9.17) is 5.73 Å². The summed E-state index contributed by atoms with van der Waals surface area (Å²) in [6.45, 7) is 9.10. The van der Waals surface area contributed by atoms with Crippen molar-refractivity contribution in [2.24, 2.45) is 16.6 Å². The van der Waals surface area contributed by atoms with Crippen molar-refractivity contribution in [2.75, 3.05) is 7.05 Å². The number of halogens is 3. The number of rotatable bonds is 6. The summed E-state index contributed by atoms with van der Waals surface area (Å²) in [5.74, 6) is 0.404. The van der Waals surface area contributed by atoms with E-state index >= 15 is 0 Å². The van der Waals surface area contributed by atoms with E-state index in [-0.39, 0.29) is 18.0 Å². The summed E-state index contributed by atoms with van der Waals surface area (Å²) >= 11 is 0. The molecule has 0 aromatic carbocycles. The molecule has 120 valence electrons. The number of nitrogens with zero attached hydrogens (tertiary/aromatic N) is 2. The smallest absolute Gasteiger partial charge is 0.400 e. The molecule has 0 aliphatic rings. The maximum atomic E-state index is 13.1. The Morgan fingerprint density at radius 3 is 2.33 bits per heavy atom. The van der Waals surface area contributed by atoms with Gasteiger partial charge < -0.3 is 10.6 Å². The predicted molar refractivity (Wildman–Crippen MR) is 81.5 cm³/mol. The summed E-state index contributed by atoms with van der Waals surface area (Å²) in [7, 11) is 1.28. The maximum Gasteiger partial charge on any atom is 0.433 e. The lowest BCUT2D eigenvalue weighted by Crippen LogP contribution is -2.35. The largest absolute Gasteiger partial charge is 0.433 e. The SMILES string of the molecule is C=CC(=N/C=C\C(C)CC)N(C)/C(=C(/N)CC)C(F)(F)F. The van der Waals surface area contributed by atoms with Gasteiger partial charge >= 0.3 is 6.18 Å². The highest BCUT2D eigenvalue weighted by atomic mass is 19.4. The molecular formula is C15H24F3N3. The van der Waals surface area contributed by atoms with E-state index in [9.17, 15) is 13.2 Å². The van der Waals surface area contributed by atoms with Crippen molar-refractivity contribution in [2.45, 2.75) is 39.8 Å². The van der Waals surface area contributed by atoms with Crippen LogP contribution in [0.15, 0.2) is 41.3 Å². The van der Waals surface area contributed by atoms with Crippen LogP contribution < -0.4 is 5.73 Å². The van der Waals surface area contributed by atoms with Crippen molar-refractivity contribution >= 4 is 5.84 Å². The third-order valence-corrected chi connectivity index (χ3v) is 3.08. The minimum Gasteiger partial charge on any atom is -0.400 e. The predicted octanol–water partition coefficient (Wildman–Crippen LogP) is 4.21. The molecule has 2 N–H and O–H groups in total. The van der Waals surface area contributed by atoms with E-state index in [1.807, 2.05) is 19.9 Å². The molecule has 0 bridgehead atoms. The monoisotopic (exact) mass is 303 g/mol. The molecule has 0 spiro atoms. The number of hydrogen-bond acceptors (Lipinski definition) is 2. The molecule has 0 aromatic rings. The van der Waals surface area contributed by atoms with Crippen molar-refractivity contribution in [1.29, 1.82) is 0 Å². The van der Waals surface area contributed by atoms with Gasteiger partial charge in [0, 0.05) is 18.9 Å². The van der Waals surface area contributed by atoms with Crippen LogP contribution in [0, 0.1) is 5.92 Å². The van der Waals surface area contributed by atoms with Gasteiger partial charge in [0.25, 0.3) is 0 Å². The number of amidine groups is 1. The summed E-state index contributed by atoms with van der Waals surface area (Å²) in [6, 6.07) is 0. The Bertz CT molecular complexity index is 434. The molecule has 0 rings (SSSR count). The van der Waals surface area contributed by atoms with E-state index in [0.717, 1.165) is 11.3 Å².